The van der Waals surface area contributed by atoms with Crippen LogP contribution in [0.3, 0.4) is 0 Å². The zero-order valence-corrected chi connectivity index (χ0v) is 7.81. The SMILES string of the molecule is O=[N+]([O-])c1cc(CS)cc([N+](=O)[O-])c1. The Balaban J connectivity index is 3.27. The van der Waals surface area contributed by atoms with Crippen LogP contribution in [0.1, 0.15) is 5.56 Å². The topological polar surface area (TPSA) is 86.3 Å². The minimum Gasteiger partial charge on any atom is -0.258 e. The highest BCUT2D eigenvalue weighted by molar-refractivity contribution is 7.79. The average Bonchev–Trinajstić information content (AvgIpc) is 2.16. The van der Waals surface area contributed by atoms with Crippen LogP contribution in [-0.2, 0) is 5.75 Å². The van der Waals surface area contributed by atoms with Gasteiger partial charge in [-0.05, 0) is 5.56 Å². The molecule has 0 bridgehead atoms. The predicted molar refractivity (Wildman–Crippen MR) is 52.4 cm³/mol. The van der Waals surface area contributed by atoms with Crippen molar-refractivity contribution in [3.63, 3.8) is 0 Å². The Morgan fingerprint density at radius 2 is 1.50 bits per heavy atom. The highest BCUT2D eigenvalue weighted by Crippen LogP contribution is 2.23. The number of nitro benzene ring substituents is 2. The van der Waals surface area contributed by atoms with E-state index in [0.29, 0.717) is 5.56 Å². The van der Waals surface area contributed by atoms with Crippen molar-refractivity contribution in [2.75, 3.05) is 0 Å². The lowest BCUT2D eigenvalue weighted by Gasteiger charge is -1.97. The van der Waals surface area contributed by atoms with E-state index in [1.54, 1.807) is 0 Å². The fourth-order valence-corrected chi connectivity index (χ4v) is 1.14. The van der Waals surface area contributed by atoms with E-state index in [1.807, 2.05) is 0 Å². The maximum absolute atomic E-state index is 10.4. The number of hydrogen-bond acceptors (Lipinski definition) is 5. The zero-order valence-electron chi connectivity index (χ0n) is 6.91. The van der Waals surface area contributed by atoms with Crippen LogP contribution in [0, 0.1) is 20.2 Å². The molecule has 0 N–H and O–H groups in total. The second kappa shape index (κ2) is 4.05. The summed E-state index contributed by atoms with van der Waals surface area (Å²) in [6.45, 7) is 0. The molecule has 74 valence electrons. The normalized spacial score (nSPS) is 9.79. The summed E-state index contributed by atoms with van der Waals surface area (Å²) < 4.78 is 0. The Morgan fingerprint density at radius 1 is 1.07 bits per heavy atom. The molecule has 6 nitrogen and oxygen atoms in total. The van der Waals surface area contributed by atoms with Gasteiger partial charge in [-0.1, -0.05) is 0 Å². The van der Waals surface area contributed by atoms with E-state index in [2.05, 4.69) is 12.6 Å². The summed E-state index contributed by atoms with van der Waals surface area (Å²) in [6, 6.07) is 3.45. The van der Waals surface area contributed by atoms with Crippen molar-refractivity contribution >= 4 is 24.0 Å². The lowest BCUT2D eigenvalue weighted by Crippen LogP contribution is -1.94. The lowest BCUT2D eigenvalue weighted by molar-refractivity contribution is -0.394. The van der Waals surface area contributed by atoms with Gasteiger partial charge in [-0.2, -0.15) is 12.6 Å². The highest BCUT2D eigenvalue weighted by Gasteiger charge is 2.15. The minimum absolute atomic E-state index is 0.225. The van der Waals surface area contributed by atoms with Gasteiger partial charge in [-0.3, -0.25) is 20.2 Å². The molecule has 7 heteroatoms. The number of thiol groups is 1. The standard InChI is InChI=1S/C7H6N2O4S/c10-8(11)6-1-5(4-14)2-7(3-6)9(12)13/h1-3,14H,4H2. The van der Waals surface area contributed by atoms with Crippen LogP contribution in [0.2, 0.25) is 0 Å². The molecule has 0 saturated heterocycles. The van der Waals surface area contributed by atoms with Crippen molar-refractivity contribution in [1.82, 2.24) is 0 Å². The van der Waals surface area contributed by atoms with Gasteiger partial charge in [-0.15, -0.1) is 0 Å². The number of benzene rings is 1. The monoisotopic (exact) mass is 214 g/mol. The largest absolute Gasteiger partial charge is 0.276 e. The molecule has 1 rings (SSSR count). The fourth-order valence-electron chi connectivity index (χ4n) is 0.959. The first-order valence-electron chi connectivity index (χ1n) is 3.58. The summed E-state index contributed by atoms with van der Waals surface area (Å²) >= 11 is 3.90. The first-order valence-corrected chi connectivity index (χ1v) is 4.21. The molecule has 0 aromatic heterocycles. The van der Waals surface area contributed by atoms with E-state index in [0.717, 1.165) is 6.07 Å². The van der Waals surface area contributed by atoms with Gasteiger partial charge in [0.25, 0.3) is 11.4 Å². The number of nitrogens with zero attached hydrogens (tertiary/aromatic N) is 2. The summed E-state index contributed by atoms with van der Waals surface area (Å²) in [6.07, 6.45) is 0. The summed E-state index contributed by atoms with van der Waals surface area (Å²) in [4.78, 5) is 19.5. The molecule has 0 aliphatic carbocycles. The van der Waals surface area contributed by atoms with Crippen LogP contribution in [0.4, 0.5) is 11.4 Å². The number of nitro groups is 2. The van der Waals surface area contributed by atoms with Gasteiger partial charge in [0.05, 0.1) is 15.9 Å². The molecule has 0 fully saturated rings. The lowest BCUT2D eigenvalue weighted by atomic mass is 10.2. The fraction of sp³-hybridized carbons (Fsp3) is 0.143. The molecule has 0 spiro atoms. The molecule has 0 amide bonds. The van der Waals surface area contributed by atoms with E-state index in [-0.39, 0.29) is 17.1 Å². The summed E-state index contributed by atoms with van der Waals surface area (Å²) in [5.41, 5.74) is -0.124. The van der Waals surface area contributed by atoms with Crippen LogP contribution in [0.5, 0.6) is 0 Å². The van der Waals surface area contributed by atoms with Crippen molar-refractivity contribution in [2.24, 2.45) is 0 Å². The second-order valence-corrected chi connectivity index (χ2v) is 2.85. The summed E-state index contributed by atoms with van der Waals surface area (Å²) in [5, 5.41) is 20.8. The number of rotatable bonds is 3. The van der Waals surface area contributed by atoms with Crippen molar-refractivity contribution < 1.29 is 9.85 Å². The molecule has 14 heavy (non-hydrogen) atoms. The molecule has 0 heterocycles. The van der Waals surface area contributed by atoms with Crippen molar-refractivity contribution in [2.45, 2.75) is 5.75 Å². The average molecular weight is 214 g/mol. The molecule has 0 radical (unpaired) electrons. The van der Waals surface area contributed by atoms with Crippen LogP contribution in [0.15, 0.2) is 18.2 Å². The Hall–Kier alpha value is -1.63. The van der Waals surface area contributed by atoms with Gasteiger partial charge in [0.2, 0.25) is 0 Å². The van der Waals surface area contributed by atoms with Crippen LogP contribution in [0.25, 0.3) is 0 Å². The third kappa shape index (κ3) is 2.19. The van der Waals surface area contributed by atoms with E-state index < -0.39 is 9.85 Å². The molecular weight excluding hydrogens is 208 g/mol. The Kier molecular flexibility index (Phi) is 3.03. The van der Waals surface area contributed by atoms with Gasteiger partial charge >= 0.3 is 0 Å². The van der Waals surface area contributed by atoms with Crippen LogP contribution < -0.4 is 0 Å². The van der Waals surface area contributed by atoms with E-state index in [1.165, 1.54) is 12.1 Å². The van der Waals surface area contributed by atoms with E-state index in [4.69, 9.17) is 0 Å². The first-order chi connectivity index (χ1) is 6.54. The van der Waals surface area contributed by atoms with Gasteiger partial charge in [0.1, 0.15) is 0 Å². The van der Waals surface area contributed by atoms with E-state index in [9.17, 15) is 20.2 Å². The van der Waals surface area contributed by atoms with Gasteiger partial charge in [0, 0.05) is 17.9 Å². The molecule has 0 saturated carbocycles. The van der Waals surface area contributed by atoms with Gasteiger partial charge in [0.15, 0.2) is 0 Å². The molecule has 0 atom stereocenters. The quantitative estimate of drug-likeness (QED) is 0.473. The highest BCUT2D eigenvalue weighted by atomic mass is 32.1. The molecule has 0 unspecified atom stereocenters. The van der Waals surface area contributed by atoms with Crippen LogP contribution >= 0.6 is 12.6 Å². The number of hydrogen-bond donors (Lipinski definition) is 1. The molecule has 1 aromatic rings. The minimum atomic E-state index is -0.667. The van der Waals surface area contributed by atoms with Crippen molar-refractivity contribution in [3.05, 3.63) is 44.0 Å². The molecule has 0 aliphatic heterocycles. The third-order valence-electron chi connectivity index (χ3n) is 1.57. The summed E-state index contributed by atoms with van der Waals surface area (Å²) in [5.74, 6) is 0.225. The summed E-state index contributed by atoms with van der Waals surface area (Å²) in [7, 11) is 0. The number of non-ortho nitro benzene ring substituents is 2. The third-order valence-corrected chi connectivity index (χ3v) is 1.93. The molecule has 1 aromatic carbocycles. The zero-order chi connectivity index (χ0) is 10.7. The van der Waals surface area contributed by atoms with Crippen LogP contribution in [-0.4, -0.2) is 9.85 Å². The van der Waals surface area contributed by atoms with Crippen molar-refractivity contribution in [3.8, 4) is 0 Å². The Labute approximate surface area is 84.3 Å². The maximum Gasteiger partial charge on any atom is 0.276 e. The second-order valence-electron chi connectivity index (χ2n) is 2.53. The predicted octanol–water partition coefficient (Wildman–Crippen LogP) is 1.93. The van der Waals surface area contributed by atoms with Gasteiger partial charge in [-0.25, -0.2) is 0 Å². The van der Waals surface area contributed by atoms with Crippen molar-refractivity contribution in [1.29, 1.82) is 0 Å². The molecule has 0 aliphatic rings. The first kappa shape index (κ1) is 10.5. The smallest absolute Gasteiger partial charge is 0.258 e. The van der Waals surface area contributed by atoms with Gasteiger partial charge < -0.3 is 0 Å². The Bertz CT molecular complexity index is 361. The Morgan fingerprint density at radius 3 is 1.79 bits per heavy atom. The molecular formula is C7H6N2O4S. The maximum atomic E-state index is 10.4. The van der Waals surface area contributed by atoms with E-state index >= 15 is 0 Å².